The molecule has 2 aromatic carbocycles. The molecule has 0 heterocycles. The second-order valence-corrected chi connectivity index (χ2v) is 7.57. The standard InChI is InChI=1S/C20H19Cl2NO5/c1-27-19(25)20(10-16(20)18(24)23-26)9-12-2-6-15(7-3-12)28-11-13-4-5-14(21)8-17(13)22/h2-8,16,26H,9-11H2,1H3,(H,23,24). The number of nitrogens with one attached hydrogen (secondary N) is 1. The van der Waals surface area contributed by atoms with E-state index in [0.717, 1.165) is 11.1 Å². The molecule has 28 heavy (non-hydrogen) atoms. The number of hydrogen-bond acceptors (Lipinski definition) is 5. The summed E-state index contributed by atoms with van der Waals surface area (Å²) in [6, 6.07) is 12.4. The summed E-state index contributed by atoms with van der Waals surface area (Å²) in [5.74, 6) is -1.00. The number of amides is 1. The highest BCUT2D eigenvalue weighted by Gasteiger charge is 2.64. The van der Waals surface area contributed by atoms with Crippen molar-refractivity contribution in [1.29, 1.82) is 0 Å². The van der Waals surface area contributed by atoms with Gasteiger partial charge in [-0.3, -0.25) is 14.8 Å². The van der Waals surface area contributed by atoms with Gasteiger partial charge in [-0.25, -0.2) is 5.48 Å². The number of ether oxygens (including phenoxy) is 2. The van der Waals surface area contributed by atoms with Crippen LogP contribution in [0.4, 0.5) is 0 Å². The quantitative estimate of drug-likeness (QED) is 0.401. The van der Waals surface area contributed by atoms with Gasteiger partial charge in [0.2, 0.25) is 5.91 Å². The maximum Gasteiger partial charge on any atom is 0.312 e. The molecule has 8 heteroatoms. The first-order chi connectivity index (χ1) is 13.4. The summed E-state index contributed by atoms with van der Waals surface area (Å²) in [6.07, 6.45) is 0.667. The molecule has 3 rings (SSSR count). The molecule has 2 unspecified atom stereocenters. The molecule has 0 spiro atoms. The van der Waals surface area contributed by atoms with Gasteiger partial charge in [0.15, 0.2) is 0 Å². The van der Waals surface area contributed by atoms with Crippen molar-refractivity contribution in [3.05, 3.63) is 63.6 Å². The largest absolute Gasteiger partial charge is 0.489 e. The summed E-state index contributed by atoms with van der Waals surface area (Å²) >= 11 is 12.0. The molecule has 148 valence electrons. The number of benzene rings is 2. The lowest BCUT2D eigenvalue weighted by Gasteiger charge is -2.15. The van der Waals surface area contributed by atoms with Gasteiger partial charge in [0.1, 0.15) is 12.4 Å². The Morgan fingerprint density at radius 3 is 2.54 bits per heavy atom. The van der Waals surface area contributed by atoms with Crippen LogP contribution < -0.4 is 10.2 Å². The number of rotatable bonds is 7. The zero-order valence-electron chi connectivity index (χ0n) is 15.1. The number of methoxy groups -OCH3 is 1. The first-order valence-electron chi connectivity index (χ1n) is 8.57. The van der Waals surface area contributed by atoms with Gasteiger partial charge in [-0.05, 0) is 42.7 Å². The van der Waals surface area contributed by atoms with E-state index in [-0.39, 0.29) is 0 Å². The van der Waals surface area contributed by atoms with Crippen LogP contribution in [0.1, 0.15) is 17.5 Å². The summed E-state index contributed by atoms with van der Waals surface area (Å²) in [4.78, 5) is 23.9. The summed E-state index contributed by atoms with van der Waals surface area (Å²) < 4.78 is 10.6. The highest BCUT2D eigenvalue weighted by atomic mass is 35.5. The topological polar surface area (TPSA) is 84.9 Å². The van der Waals surface area contributed by atoms with Crippen LogP contribution in [0.5, 0.6) is 5.75 Å². The second kappa shape index (κ2) is 8.39. The van der Waals surface area contributed by atoms with Gasteiger partial charge in [0, 0.05) is 15.6 Å². The van der Waals surface area contributed by atoms with E-state index in [1.165, 1.54) is 7.11 Å². The van der Waals surface area contributed by atoms with Crippen molar-refractivity contribution in [2.24, 2.45) is 11.3 Å². The Morgan fingerprint density at radius 1 is 1.21 bits per heavy atom. The number of halogens is 2. The molecule has 0 aliphatic heterocycles. The maximum atomic E-state index is 12.2. The second-order valence-electron chi connectivity index (χ2n) is 6.73. The lowest BCUT2D eigenvalue weighted by atomic mass is 9.93. The van der Waals surface area contributed by atoms with Gasteiger partial charge in [-0.1, -0.05) is 41.4 Å². The van der Waals surface area contributed by atoms with Crippen molar-refractivity contribution in [1.82, 2.24) is 5.48 Å². The summed E-state index contributed by atoms with van der Waals surface area (Å²) in [5.41, 5.74) is 2.34. The van der Waals surface area contributed by atoms with Crippen LogP contribution in [0.25, 0.3) is 0 Å². The van der Waals surface area contributed by atoms with Crippen molar-refractivity contribution in [3.8, 4) is 5.75 Å². The van der Waals surface area contributed by atoms with Gasteiger partial charge in [-0.2, -0.15) is 0 Å². The zero-order valence-corrected chi connectivity index (χ0v) is 16.6. The molecular weight excluding hydrogens is 405 g/mol. The number of hydrogen-bond donors (Lipinski definition) is 2. The maximum absolute atomic E-state index is 12.2. The summed E-state index contributed by atoms with van der Waals surface area (Å²) in [6.45, 7) is 0.292. The van der Waals surface area contributed by atoms with E-state index in [1.54, 1.807) is 35.8 Å². The molecule has 0 radical (unpaired) electrons. The fourth-order valence-electron chi connectivity index (χ4n) is 3.29. The molecule has 1 saturated carbocycles. The normalized spacial score (nSPS) is 20.4. The fraction of sp³-hybridized carbons (Fsp3) is 0.300. The van der Waals surface area contributed by atoms with Crippen LogP contribution in [0, 0.1) is 11.3 Å². The minimum atomic E-state index is -0.944. The lowest BCUT2D eigenvalue weighted by Crippen LogP contribution is -2.30. The molecule has 1 fully saturated rings. The third-order valence-corrected chi connectivity index (χ3v) is 5.53. The van der Waals surface area contributed by atoms with E-state index in [0.29, 0.717) is 35.2 Å². The third-order valence-electron chi connectivity index (χ3n) is 4.95. The molecule has 2 atom stereocenters. The van der Waals surface area contributed by atoms with Crippen LogP contribution in [0.15, 0.2) is 42.5 Å². The predicted octanol–water partition coefficient (Wildman–Crippen LogP) is 3.80. The Bertz CT molecular complexity index is 887. The van der Waals surface area contributed by atoms with Gasteiger partial charge in [-0.15, -0.1) is 0 Å². The van der Waals surface area contributed by atoms with E-state index >= 15 is 0 Å². The van der Waals surface area contributed by atoms with E-state index in [2.05, 4.69) is 0 Å². The lowest BCUT2D eigenvalue weighted by molar-refractivity contribution is -0.149. The Morgan fingerprint density at radius 2 is 1.93 bits per heavy atom. The minimum absolute atomic E-state index is 0.292. The van der Waals surface area contributed by atoms with Crippen molar-refractivity contribution in [2.45, 2.75) is 19.4 Å². The molecule has 1 amide bonds. The minimum Gasteiger partial charge on any atom is -0.489 e. The molecule has 1 aliphatic rings. The molecule has 2 N–H and O–H groups in total. The number of carbonyl (C=O) groups is 2. The highest BCUT2D eigenvalue weighted by Crippen LogP contribution is 2.55. The summed E-state index contributed by atoms with van der Waals surface area (Å²) in [5, 5.41) is 9.93. The average Bonchev–Trinajstić information content (AvgIpc) is 3.42. The zero-order chi connectivity index (χ0) is 20.3. The van der Waals surface area contributed by atoms with E-state index < -0.39 is 23.2 Å². The van der Waals surface area contributed by atoms with Gasteiger partial charge in [0.25, 0.3) is 0 Å². The molecule has 0 saturated heterocycles. The number of carbonyl (C=O) groups excluding carboxylic acids is 2. The van der Waals surface area contributed by atoms with Crippen molar-refractivity contribution in [3.63, 3.8) is 0 Å². The van der Waals surface area contributed by atoms with Crippen LogP contribution in [-0.2, 0) is 27.4 Å². The molecular formula is C20H19Cl2NO5. The molecule has 0 aromatic heterocycles. The fourth-order valence-corrected chi connectivity index (χ4v) is 3.75. The van der Waals surface area contributed by atoms with E-state index in [9.17, 15) is 9.59 Å². The van der Waals surface area contributed by atoms with E-state index in [1.807, 2.05) is 12.1 Å². The van der Waals surface area contributed by atoms with Crippen LogP contribution in [-0.4, -0.2) is 24.2 Å². The Kier molecular flexibility index (Phi) is 6.13. The Labute approximate surface area is 172 Å². The molecule has 6 nitrogen and oxygen atoms in total. The van der Waals surface area contributed by atoms with Gasteiger partial charge >= 0.3 is 5.97 Å². The SMILES string of the molecule is COC(=O)C1(Cc2ccc(OCc3ccc(Cl)cc3Cl)cc2)CC1C(=O)NO. The average molecular weight is 424 g/mol. The molecule has 1 aliphatic carbocycles. The van der Waals surface area contributed by atoms with Crippen molar-refractivity contribution < 1.29 is 24.3 Å². The van der Waals surface area contributed by atoms with Gasteiger partial charge < -0.3 is 9.47 Å². The van der Waals surface area contributed by atoms with Crippen LogP contribution >= 0.6 is 23.2 Å². The van der Waals surface area contributed by atoms with Crippen LogP contribution in [0.3, 0.4) is 0 Å². The Hall–Kier alpha value is -2.28. The number of hydroxylamine groups is 1. The third kappa shape index (κ3) is 4.24. The van der Waals surface area contributed by atoms with Crippen LogP contribution in [0.2, 0.25) is 10.0 Å². The molecule has 2 aromatic rings. The monoisotopic (exact) mass is 423 g/mol. The number of esters is 1. The van der Waals surface area contributed by atoms with Crippen molar-refractivity contribution >= 4 is 35.1 Å². The highest BCUT2D eigenvalue weighted by molar-refractivity contribution is 6.35. The summed E-state index contributed by atoms with van der Waals surface area (Å²) in [7, 11) is 1.29. The smallest absolute Gasteiger partial charge is 0.312 e. The first-order valence-corrected chi connectivity index (χ1v) is 9.33. The predicted molar refractivity (Wildman–Crippen MR) is 103 cm³/mol. The van der Waals surface area contributed by atoms with Crippen molar-refractivity contribution in [2.75, 3.05) is 7.11 Å². The first kappa shape index (κ1) is 20.5. The van der Waals surface area contributed by atoms with Gasteiger partial charge in [0.05, 0.1) is 18.4 Å². The van der Waals surface area contributed by atoms with E-state index in [4.69, 9.17) is 37.9 Å². The Balaban J connectivity index is 1.65. The molecule has 0 bridgehead atoms.